The molecule has 0 unspecified atom stereocenters. The molecule has 1 amide bonds. The van der Waals surface area contributed by atoms with Crippen LogP contribution in [0.25, 0.3) is 6.08 Å². The fourth-order valence-electron chi connectivity index (χ4n) is 2.47. The van der Waals surface area contributed by atoms with Gasteiger partial charge in [0.05, 0.1) is 12.5 Å². The summed E-state index contributed by atoms with van der Waals surface area (Å²) in [6, 6.07) is 3.80. The molecule has 2 rings (SSSR count). The van der Waals surface area contributed by atoms with Crippen LogP contribution in [0, 0.1) is 5.92 Å². The minimum Gasteiger partial charge on any atom is -0.466 e. The predicted octanol–water partition coefficient (Wildman–Crippen LogP) is 1.36. The molecule has 0 saturated carbocycles. The van der Waals surface area contributed by atoms with Crippen molar-refractivity contribution < 1.29 is 14.3 Å². The molecular formula is C16H21N3O3. The Morgan fingerprint density at radius 2 is 2.14 bits per heavy atom. The Kier molecular flexibility index (Phi) is 5.52. The Hall–Kier alpha value is -2.37. The predicted molar refractivity (Wildman–Crippen MR) is 84.0 cm³/mol. The van der Waals surface area contributed by atoms with Crippen LogP contribution >= 0.6 is 0 Å². The first-order chi connectivity index (χ1) is 10.6. The van der Waals surface area contributed by atoms with Crippen LogP contribution in [-0.4, -0.2) is 36.6 Å². The molecule has 0 bridgehead atoms. The molecule has 0 aromatic carbocycles. The number of aromatic nitrogens is 1. The van der Waals surface area contributed by atoms with Crippen molar-refractivity contribution >= 4 is 23.8 Å². The summed E-state index contributed by atoms with van der Waals surface area (Å²) in [5, 5.41) is 0. The van der Waals surface area contributed by atoms with E-state index in [0.29, 0.717) is 6.61 Å². The molecule has 1 aromatic heterocycles. The van der Waals surface area contributed by atoms with Crippen molar-refractivity contribution in [3.8, 4) is 0 Å². The topological polar surface area (TPSA) is 85.5 Å². The number of nitrogens with zero attached hydrogens (tertiary/aromatic N) is 2. The Labute approximate surface area is 130 Å². The van der Waals surface area contributed by atoms with Gasteiger partial charge in [-0.15, -0.1) is 0 Å². The molecule has 1 fully saturated rings. The van der Waals surface area contributed by atoms with Gasteiger partial charge in [-0.1, -0.05) is 0 Å². The molecule has 0 radical (unpaired) electrons. The summed E-state index contributed by atoms with van der Waals surface area (Å²) in [6.45, 7) is 3.83. The summed E-state index contributed by atoms with van der Waals surface area (Å²) in [5.41, 5.74) is 5.88. The molecule has 2 N–H and O–H groups in total. The van der Waals surface area contributed by atoms with E-state index in [2.05, 4.69) is 9.88 Å². The quantitative estimate of drug-likeness (QED) is 0.655. The van der Waals surface area contributed by atoms with Gasteiger partial charge >= 0.3 is 5.97 Å². The number of carbonyl (C=O) groups is 2. The second-order valence-electron chi connectivity index (χ2n) is 5.20. The lowest BCUT2D eigenvalue weighted by Crippen LogP contribution is -2.37. The van der Waals surface area contributed by atoms with Gasteiger partial charge in [0.25, 0.3) is 0 Å². The van der Waals surface area contributed by atoms with E-state index in [0.717, 1.165) is 37.3 Å². The van der Waals surface area contributed by atoms with Crippen LogP contribution in [-0.2, 0) is 14.3 Å². The third-order valence-corrected chi connectivity index (χ3v) is 3.65. The highest BCUT2D eigenvalue weighted by Gasteiger charge is 2.26. The number of primary amides is 1. The van der Waals surface area contributed by atoms with Crippen molar-refractivity contribution in [1.82, 2.24) is 4.98 Å². The summed E-state index contributed by atoms with van der Waals surface area (Å²) in [4.78, 5) is 28.9. The zero-order chi connectivity index (χ0) is 15.9. The summed E-state index contributed by atoms with van der Waals surface area (Å²) in [5.74, 6) is 0.291. The minimum absolute atomic E-state index is 0.00558. The van der Waals surface area contributed by atoms with Crippen LogP contribution in [0.1, 0.15) is 25.3 Å². The molecule has 1 aliphatic heterocycles. The van der Waals surface area contributed by atoms with E-state index in [1.165, 1.54) is 6.08 Å². The molecule has 1 saturated heterocycles. The van der Waals surface area contributed by atoms with Gasteiger partial charge in [-0.2, -0.15) is 0 Å². The first-order valence-electron chi connectivity index (χ1n) is 7.45. The Balaban J connectivity index is 1.91. The van der Waals surface area contributed by atoms with Crippen molar-refractivity contribution in [3.05, 3.63) is 30.0 Å². The number of esters is 1. The standard InChI is InChI=1S/C16H21N3O3/c1-2-22-16(21)13-7-9-19(10-8-13)15-6-4-12(11-18-15)3-5-14(17)20/h3-6,11,13H,2,7-10H2,1H3,(H2,17,20)/b5-3-. The first kappa shape index (κ1) is 16.0. The number of hydrogen-bond acceptors (Lipinski definition) is 5. The summed E-state index contributed by atoms with van der Waals surface area (Å²) >= 11 is 0. The molecule has 22 heavy (non-hydrogen) atoms. The first-order valence-corrected chi connectivity index (χ1v) is 7.45. The third-order valence-electron chi connectivity index (χ3n) is 3.65. The Bertz CT molecular complexity index is 546. The van der Waals surface area contributed by atoms with Gasteiger partial charge in [-0.3, -0.25) is 9.59 Å². The highest BCUT2D eigenvalue weighted by atomic mass is 16.5. The van der Waals surface area contributed by atoms with E-state index in [1.807, 2.05) is 19.1 Å². The average molecular weight is 303 g/mol. The Morgan fingerprint density at radius 1 is 1.41 bits per heavy atom. The number of carbonyl (C=O) groups excluding carboxylic acids is 2. The van der Waals surface area contributed by atoms with E-state index < -0.39 is 5.91 Å². The lowest BCUT2D eigenvalue weighted by molar-refractivity contribution is -0.148. The van der Waals surface area contributed by atoms with Crippen LogP contribution in [0.4, 0.5) is 5.82 Å². The highest BCUT2D eigenvalue weighted by molar-refractivity contribution is 5.90. The summed E-state index contributed by atoms with van der Waals surface area (Å²) in [6.07, 6.45) is 6.20. The fourth-order valence-corrected chi connectivity index (χ4v) is 2.47. The van der Waals surface area contributed by atoms with E-state index in [1.54, 1.807) is 12.3 Å². The van der Waals surface area contributed by atoms with Gasteiger partial charge in [0.2, 0.25) is 5.91 Å². The zero-order valence-corrected chi connectivity index (χ0v) is 12.7. The van der Waals surface area contributed by atoms with Crippen LogP contribution in [0.5, 0.6) is 0 Å². The van der Waals surface area contributed by atoms with Gasteiger partial charge in [0, 0.05) is 25.4 Å². The van der Waals surface area contributed by atoms with Crippen LogP contribution in [0.3, 0.4) is 0 Å². The third kappa shape index (κ3) is 4.31. The lowest BCUT2D eigenvalue weighted by Gasteiger charge is -2.31. The maximum atomic E-state index is 11.7. The second-order valence-corrected chi connectivity index (χ2v) is 5.20. The highest BCUT2D eigenvalue weighted by Crippen LogP contribution is 2.23. The number of pyridine rings is 1. The molecule has 0 spiro atoms. The summed E-state index contributed by atoms with van der Waals surface area (Å²) in [7, 11) is 0. The zero-order valence-electron chi connectivity index (χ0n) is 12.7. The van der Waals surface area contributed by atoms with Gasteiger partial charge in [-0.25, -0.2) is 4.98 Å². The van der Waals surface area contributed by atoms with Crippen molar-refractivity contribution in [3.63, 3.8) is 0 Å². The number of anilines is 1. The lowest BCUT2D eigenvalue weighted by atomic mass is 9.97. The van der Waals surface area contributed by atoms with E-state index in [4.69, 9.17) is 10.5 Å². The fraction of sp³-hybridized carbons (Fsp3) is 0.438. The van der Waals surface area contributed by atoms with Crippen molar-refractivity contribution in [2.75, 3.05) is 24.6 Å². The van der Waals surface area contributed by atoms with Crippen molar-refractivity contribution in [2.24, 2.45) is 11.7 Å². The molecule has 118 valence electrons. The number of ether oxygens (including phenoxy) is 1. The monoisotopic (exact) mass is 303 g/mol. The van der Waals surface area contributed by atoms with E-state index >= 15 is 0 Å². The average Bonchev–Trinajstić information content (AvgIpc) is 2.54. The van der Waals surface area contributed by atoms with Gasteiger partial charge in [0.15, 0.2) is 0 Å². The number of rotatable bonds is 5. The maximum absolute atomic E-state index is 11.7. The van der Waals surface area contributed by atoms with Crippen LogP contribution in [0.15, 0.2) is 24.4 Å². The molecule has 6 nitrogen and oxygen atoms in total. The van der Waals surface area contributed by atoms with E-state index in [-0.39, 0.29) is 11.9 Å². The molecule has 0 aliphatic carbocycles. The van der Waals surface area contributed by atoms with Crippen LogP contribution < -0.4 is 10.6 Å². The van der Waals surface area contributed by atoms with Gasteiger partial charge in [0.1, 0.15) is 5.82 Å². The number of nitrogens with two attached hydrogens (primary N) is 1. The maximum Gasteiger partial charge on any atom is 0.309 e. The summed E-state index contributed by atoms with van der Waals surface area (Å²) < 4.78 is 5.07. The normalized spacial score (nSPS) is 16.0. The SMILES string of the molecule is CCOC(=O)C1CCN(c2ccc(/C=C\C(N)=O)cn2)CC1. The second kappa shape index (κ2) is 7.59. The van der Waals surface area contributed by atoms with Crippen LogP contribution in [0.2, 0.25) is 0 Å². The Morgan fingerprint density at radius 3 is 2.68 bits per heavy atom. The van der Waals surface area contributed by atoms with Gasteiger partial charge < -0.3 is 15.4 Å². The number of piperidine rings is 1. The molecule has 2 heterocycles. The smallest absolute Gasteiger partial charge is 0.309 e. The molecule has 6 heteroatoms. The molecular weight excluding hydrogens is 282 g/mol. The molecule has 1 aliphatic rings. The van der Waals surface area contributed by atoms with E-state index in [9.17, 15) is 9.59 Å². The largest absolute Gasteiger partial charge is 0.466 e. The number of hydrogen-bond donors (Lipinski definition) is 1. The minimum atomic E-state index is -0.481. The van der Waals surface area contributed by atoms with Gasteiger partial charge in [-0.05, 0) is 43.5 Å². The molecule has 0 atom stereocenters. The number of amides is 1. The van der Waals surface area contributed by atoms with Crippen molar-refractivity contribution in [2.45, 2.75) is 19.8 Å². The molecule has 1 aromatic rings. The van der Waals surface area contributed by atoms with Crippen molar-refractivity contribution in [1.29, 1.82) is 0 Å².